The molecule has 0 atom stereocenters. The average Bonchev–Trinajstić information content (AvgIpc) is 2.91. The van der Waals surface area contributed by atoms with Crippen molar-refractivity contribution in [2.24, 2.45) is 4.99 Å². The monoisotopic (exact) mass is 484 g/mol. The van der Waals surface area contributed by atoms with Gasteiger partial charge in [0.1, 0.15) is 0 Å². The molecule has 1 aromatic heterocycles. The van der Waals surface area contributed by atoms with Crippen LogP contribution in [0.1, 0.15) is 18.9 Å². The third-order valence-corrected chi connectivity index (χ3v) is 3.78. The highest BCUT2D eigenvalue weighted by atomic mass is 127. The number of halogens is 1. The van der Waals surface area contributed by atoms with Crippen molar-refractivity contribution >= 4 is 35.6 Å². The lowest BCUT2D eigenvalue weighted by atomic mass is 10.2. The first-order chi connectivity index (χ1) is 12.8. The van der Waals surface area contributed by atoms with E-state index >= 15 is 0 Å². The van der Waals surface area contributed by atoms with Crippen LogP contribution in [0.2, 0.25) is 0 Å². The van der Waals surface area contributed by atoms with Gasteiger partial charge in [0.2, 0.25) is 5.88 Å². The SMILES string of the molecule is CCNC(=NCc1ccc(OC)nc1)Nc1ccc2c(c1)OCCCO2.I. The van der Waals surface area contributed by atoms with E-state index in [0.717, 1.165) is 35.7 Å². The Morgan fingerprint density at radius 2 is 2.00 bits per heavy atom. The van der Waals surface area contributed by atoms with Gasteiger partial charge in [-0.2, -0.15) is 0 Å². The molecule has 7 nitrogen and oxygen atoms in total. The van der Waals surface area contributed by atoms with Gasteiger partial charge in [-0.05, 0) is 24.6 Å². The number of benzene rings is 1. The maximum atomic E-state index is 5.74. The summed E-state index contributed by atoms with van der Waals surface area (Å²) in [6.07, 6.45) is 2.65. The van der Waals surface area contributed by atoms with E-state index in [0.29, 0.717) is 31.6 Å². The molecule has 146 valence electrons. The molecule has 2 aromatic rings. The number of anilines is 1. The molecule has 8 heteroatoms. The Hall–Kier alpha value is -2.23. The van der Waals surface area contributed by atoms with E-state index in [2.05, 4.69) is 20.6 Å². The summed E-state index contributed by atoms with van der Waals surface area (Å²) in [6.45, 7) is 4.64. The number of ether oxygens (including phenoxy) is 3. The topological polar surface area (TPSA) is 77.0 Å². The van der Waals surface area contributed by atoms with Crippen LogP contribution in [-0.2, 0) is 6.54 Å². The number of aromatic nitrogens is 1. The molecule has 2 N–H and O–H groups in total. The smallest absolute Gasteiger partial charge is 0.212 e. The van der Waals surface area contributed by atoms with Crippen LogP contribution in [-0.4, -0.2) is 37.8 Å². The van der Waals surface area contributed by atoms with E-state index in [1.807, 2.05) is 37.3 Å². The largest absolute Gasteiger partial charge is 0.490 e. The molecular formula is C19H25IN4O3. The molecule has 0 aliphatic carbocycles. The summed E-state index contributed by atoms with van der Waals surface area (Å²) in [5, 5.41) is 6.54. The van der Waals surface area contributed by atoms with Gasteiger partial charge in [-0.1, -0.05) is 6.07 Å². The number of hydrogen-bond donors (Lipinski definition) is 2. The van der Waals surface area contributed by atoms with Crippen LogP contribution in [0, 0.1) is 0 Å². The molecule has 0 radical (unpaired) electrons. The third kappa shape index (κ3) is 6.16. The first kappa shape index (κ1) is 21.1. The van der Waals surface area contributed by atoms with Gasteiger partial charge in [-0.15, -0.1) is 24.0 Å². The second-order valence-electron chi connectivity index (χ2n) is 5.74. The Morgan fingerprint density at radius 1 is 1.19 bits per heavy atom. The van der Waals surface area contributed by atoms with Crippen molar-refractivity contribution in [1.82, 2.24) is 10.3 Å². The van der Waals surface area contributed by atoms with Gasteiger partial charge in [0.15, 0.2) is 17.5 Å². The highest BCUT2D eigenvalue weighted by Crippen LogP contribution is 2.32. The molecule has 0 fully saturated rings. The summed E-state index contributed by atoms with van der Waals surface area (Å²) in [4.78, 5) is 8.81. The lowest BCUT2D eigenvalue weighted by Gasteiger charge is -2.13. The number of pyridine rings is 1. The molecule has 0 unspecified atom stereocenters. The number of hydrogen-bond acceptors (Lipinski definition) is 5. The molecule has 1 aliphatic rings. The van der Waals surface area contributed by atoms with Gasteiger partial charge < -0.3 is 24.8 Å². The molecule has 0 spiro atoms. The fourth-order valence-electron chi connectivity index (χ4n) is 2.48. The second-order valence-corrected chi connectivity index (χ2v) is 5.74. The summed E-state index contributed by atoms with van der Waals surface area (Å²) < 4.78 is 16.5. The standard InChI is InChI=1S/C19H24N4O3.HI/c1-3-20-19(22-13-14-5-8-18(24-2)21-12-14)23-15-6-7-16-17(11-15)26-10-4-9-25-16;/h5-8,11-12H,3-4,9-10,13H2,1-2H3,(H2,20,22,23);1H. The molecule has 1 aromatic carbocycles. The summed E-state index contributed by atoms with van der Waals surface area (Å²) in [5.74, 6) is 2.81. The Balaban J connectivity index is 0.00000261. The Morgan fingerprint density at radius 3 is 2.70 bits per heavy atom. The number of fused-ring (bicyclic) bond motifs is 1. The van der Waals surface area contributed by atoms with Crippen LogP contribution in [0.3, 0.4) is 0 Å². The number of guanidine groups is 1. The minimum atomic E-state index is 0. The molecule has 0 saturated heterocycles. The summed E-state index contributed by atoms with van der Waals surface area (Å²) >= 11 is 0. The van der Waals surface area contributed by atoms with Crippen molar-refractivity contribution in [2.75, 3.05) is 32.2 Å². The molecule has 0 amide bonds. The van der Waals surface area contributed by atoms with Crippen LogP contribution >= 0.6 is 24.0 Å². The van der Waals surface area contributed by atoms with Crippen molar-refractivity contribution in [1.29, 1.82) is 0 Å². The van der Waals surface area contributed by atoms with E-state index in [-0.39, 0.29) is 24.0 Å². The number of methoxy groups -OCH3 is 1. The molecule has 27 heavy (non-hydrogen) atoms. The van der Waals surface area contributed by atoms with Crippen LogP contribution in [0.4, 0.5) is 5.69 Å². The predicted octanol–water partition coefficient (Wildman–Crippen LogP) is 3.45. The van der Waals surface area contributed by atoms with Crippen LogP contribution in [0.25, 0.3) is 0 Å². The Kier molecular flexibility index (Phi) is 8.43. The van der Waals surface area contributed by atoms with Crippen molar-refractivity contribution in [3.8, 4) is 17.4 Å². The van der Waals surface area contributed by atoms with E-state index in [1.165, 1.54) is 0 Å². The molecular weight excluding hydrogens is 459 g/mol. The Labute approximate surface area is 176 Å². The lowest BCUT2D eigenvalue weighted by Crippen LogP contribution is -2.30. The van der Waals surface area contributed by atoms with Crippen LogP contribution in [0.15, 0.2) is 41.5 Å². The maximum Gasteiger partial charge on any atom is 0.212 e. The average molecular weight is 484 g/mol. The minimum absolute atomic E-state index is 0. The van der Waals surface area contributed by atoms with Gasteiger partial charge >= 0.3 is 0 Å². The van der Waals surface area contributed by atoms with E-state index in [4.69, 9.17) is 14.2 Å². The minimum Gasteiger partial charge on any atom is -0.490 e. The van der Waals surface area contributed by atoms with Crippen molar-refractivity contribution in [3.63, 3.8) is 0 Å². The molecule has 0 saturated carbocycles. The highest BCUT2D eigenvalue weighted by Gasteiger charge is 2.11. The van der Waals surface area contributed by atoms with Crippen molar-refractivity contribution in [2.45, 2.75) is 19.9 Å². The first-order valence-corrected chi connectivity index (χ1v) is 8.72. The normalized spacial score (nSPS) is 13.2. The van der Waals surface area contributed by atoms with Crippen LogP contribution < -0.4 is 24.8 Å². The maximum absolute atomic E-state index is 5.74. The van der Waals surface area contributed by atoms with Crippen molar-refractivity contribution < 1.29 is 14.2 Å². The Bertz CT molecular complexity index is 753. The zero-order valence-corrected chi connectivity index (χ0v) is 17.9. The second kappa shape index (κ2) is 10.8. The van der Waals surface area contributed by atoms with Gasteiger partial charge in [-0.25, -0.2) is 9.98 Å². The number of nitrogens with zero attached hydrogens (tertiary/aromatic N) is 2. The predicted molar refractivity (Wildman–Crippen MR) is 117 cm³/mol. The van der Waals surface area contributed by atoms with E-state index < -0.39 is 0 Å². The van der Waals surface area contributed by atoms with Gasteiger partial charge in [-0.3, -0.25) is 0 Å². The summed E-state index contributed by atoms with van der Waals surface area (Å²) in [7, 11) is 1.60. The number of rotatable bonds is 5. The number of nitrogens with one attached hydrogen (secondary N) is 2. The van der Waals surface area contributed by atoms with E-state index in [9.17, 15) is 0 Å². The van der Waals surface area contributed by atoms with E-state index in [1.54, 1.807) is 13.3 Å². The quantitative estimate of drug-likeness (QED) is 0.385. The van der Waals surface area contributed by atoms with Crippen LogP contribution in [0.5, 0.6) is 17.4 Å². The van der Waals surface area contributed by atoms with Gasteiger partial charge in [0.05, 0.1) is 26.9 Å². The molecule has 0 bridgehead atoms. The fraction of sp³-hybridized carbons (Fsp3) is 0.368. The third-order valence-electron chi connectivity index (χ3n) is 3.78. The molecule has 2 heterocycles. The number of aliphatic imine (C=N–C) groups is 1. The molecule has 1 aliphatic heterocycles. The summed E-state index contributed by atoms with van der Waals surface area (Å²) in [6, 6.07) is 9.58. The van der Waals surface area contributed by atoms with Crippen molar-refractivity contribution in [3.05, 3.63) is 42.1 Å². The fourth-order valence-corrected chi connectivity index (χ4v) is 2.48. The molecule has 3 rings (SSSR count). The van der Waals surface area contributed by atoms with Gasteiger partial charge in [0, 0.05) is 37.0 Å². The zero-order chi connectivity index (χ0) is 18.2. The summed E-state index contributed by atoms with van der Waals surface area (Å²) in [5.41, 5.74) is 1.89. The zero-order valence-electron chi connectivity index (χ0n) is 15.5. The van der Waals surface area contributed by atoms with Gasteiger partial charge in [0.25, 0.3) is 0 Å². The first-order valence-electron chi connectivity index (χ1n) is 8.72. The highest BCUT2D eigenvalue weighted by molar-refractivity contribution is 14.0. The lowest BCUT2D eigenvalue weighted by molar-refractivity contribution is 0.297.